The lowest BCUT2D eigenvalue weighted by Gasteiger charge is -2.10. The first kappa shape index (κ1) is 12.2. The number of nitrogens with zero attached hydrogens (tertiary/aromatic N) is 2. The van der Waals surface area contributed by atoms with Crippen LogP contribution in [-0.4, -0.2) is 9.55 Å². The number of halogens is 1. The average molecular weight is 276 g/mol. The molecule has 0 unspecified atom stereocenters. The number of para-hydroxylation sites is 1. The molecule has 3 rings (SSSR count). The Hall–Kier alpha value is -1.81. The Balaban J connectivity index is 1.95. The molecule has 1 saturated carbocycles. The molecule has 0 radical (unpaired) electrons. The quantitative estimate of drug-likeness (QED) is 0.873. The Morgan fingerprint density at radius 2 is 2.16 bits per heavy atom. The van der Waals surface area contributed by atoms with Gasteiger partial charge in [-0.3, -0.25) is 4.79 Å². The first-order chi connectivity index (χ1) is 9.29. The normalized spacial score (nSPS) is 14.4. The van der Waals surface area contributed by atoms with E-state index in [-0.39, 0.29) is 5.56 Å². The van der Waals surface area contributed by atoms with Crippen molar-refractivity contribution < 1.29 is 0 Å². The monoisotopic (exact) mass is 275 g/mol. The van der Waals surface area contributed by atoms with Gasteiger partial charge in [0.25, 0.3) is 5.56 Å². The van der Waals surface area contributed by atoms with Gasteiger partial charge in [-0.1, -0.05) is 18.2 Å². The summed E-state index contributed by atoms with van der Waals surface area (Å²) in [5.74, 6) is 0.749. The van der Waals surface area contributed by atoms with E-state index in [9.17, 15) is 4.79 Å². The summed E-state index contributed by atoms with van der Waals surface area (Å²) in [5, 5.41) is 3.09. The van der Waals surface area contributed by atoms with E-state index in [0.717, 1.165) is 24.1 Å². The minimum atomic E-state index is -0.0747. The van der Waals surface area contributed by atoms with Crippen molar-refractivity contribution >= 4 is 23.1 Å². The highest BCUT2D eigenvalue weighted by atomic mass is 35.5. The van der Waals surface area contributed by atoms with Crippen LogP contribution in [0.5, 0.6) is 0 Å². The van der Waals surface area contributed by atoms with Crippen LogP contribution >= 0.6 is 11.6 Å². The second kappa shape index (κ2) is 5.05. The standard InChI is InChI=1S/C14H14ClN3O/c15-9-10-3-1-2-4-12(10)17-13-14(19)18(8-7-16-13)11-5-6-11/h1-4,7-8,11H,5-6,9H2,(H,16,17). The molecule has 5 heteroatoms. The largest absolute Gasteiger partial charge is 0.335 e. The molecule has 1 aliphatic rings. The lowest BCUT2D eigenvalue weighted by Crippen LogP contribution is -2.22. The SMILES string of the molecule is O=c1c(Nc2ccccc2CCl)nccn1C1CC1. The Morgan fingerprint density at radius 3 is 2.89 bits per heavy atom. The van der Waals surface area contributed by atoms with Gasteiger partial charge >= 0.3 is 0 Å². The van der Waals surface area contributed by atoms with Crippen molar-refractivity contribution in [3.8, 4) is 0 Å². The van der Waals surface area contributed by atoms with Gasteiger partial charge in [0, 0.05) is 30.0 Å². The summed E-state index contributed by atoms with van der Waals surface area (Å²) in [6.07, 6.45) is 5.55. The Bertz CT molecular complexity index is 649. The number of benzene rings is 1. The molecule has 1 aromatic carbocycles. The zero-order valence-electron chi connectivity index (χ0n) is 10.3. The van der Waals surface area contributed by atoms with Crippen molar-refractivity contribution in [2.24, 2.45) is 0 Å². The summed E-state index contributed by atoms with van der Waals surface area (Å²) < 4.78 is 1.75. The first-order valence-corrected chi connectivity index (χ1v) is 6.81. The third-order valence-electron chi connectivity index (χ3n) is 3.22. The van der Waals surface area contributed by atoms with Crippen LogP contribution in [0.15, 0.2) is 41.5 Å². The molecular weight excluding hydrogens is 262 g/mol. The Morgan fingerprint density at radius 1 is 1.37 bits per heavy atom. The Kier molecular flexibility index (Phi) is 3.25. The zero-order valence-corrected chi connectivity index (χ0v) is 11.1. The van der Waals surface area contributed by atoms with Gasteiger partial charge in [0.15, 0.2) is 5.82 Å². The number of rotatable bonds is 4. The smallest absolute Gasteiger partial charge is 0.293 e. The predicted molar refractivity (Wildman–Crippen MR) is 76.0 cm³/mol. The van der Waals surface area contributed by atoms with Crippen LogP contribution in [0, 0.1) is 0 Å². The molecule has 0 spiro atoms. The van der Waals surface area contributed by atoms with Crippen molar-refractivity contribution in [3.05, 3.63) is 52.6 Å². The number of nitrogens with one attached hydrogen (secondary N) is 1. The maximum absolute atomic E-state index is 12.3. The van der Waals surface area contributed by atoms with Crippen LogP contribution < -0.4 is 10.9 Å². The van der Waals surface area contributed by atoms with E-state index < -0.39 is 0 Å². The number of hydrogen-bond donors (Lipinski definition) is 1. The molecular formula is C14H14ClN3O. The molecule has 1 aromatic heterocycles. The molecule has 0 atom stereocenters. The highest BCUT2D eigenvalue weighted by Crippen LogP contribution is 2.33. The number of alkyl halides is 1. The van der Waals surface area contributed by atoms with E-state index in [1.165, 1.54) is 0 Å². The van der Waals surface area contributed by atoms with Gasteiger partial charge < -0.3 is 9.88 Å². The van der Waals surface area contributed by atoms with Crippen molar-refractivity contribution in [3.63, 3.8) is 0 Å². The van der Waals surface area contributed by atoms with Crippen LogP contribution in [0.2, 0.25) is 0 Å². The summed E-state index contributed by atoms with van der Waals surface area (Å²) in [7, 11) is 0. The van der Waals surface area contributed by atoms with E-state index in [0.29, 0.717) is 17.7 Å². The van der Waals surface area contributed by atoms with Gasteiger partial charge in [0.2, 0.25) is 0 Å². The third kappa shape index (κ3) is 2.49. The highest BCUT2D eigenvalue weighted by molar-refractivity contribution is 6.17. The fourth-order valence-corrected chi connectivity index (χ4v) is 2.27. The number of hydrogen-bond acceptors (Lipinski definition) is 3. The fourth-order valence-electron chi connectivity index (χ4n) is 2.04. The van der Waals surface area contributed by atoms with Gasteiger partial charge in [-0.2, -0.15) is 0 Å². The molecule has 98 valence electrons. The maximum atomic E-state index is 12.3. The molecule has 4 nitrogen and oxygen atoms in total. The van der Waals surface area contributed by atoms with Crippen molar-refractivity contribution in [1.82, 2.24) is 9.55 Å². The summed E-state index contributed by atoms with van der Waals surface area (Å²) in [6.45, 7) is 0. The van der Waals surface area contributed by atoms with Gasteiger partial charge in [0.1, 0.15) is 0 Å². The topological polar surface area (TPSA) is 46.9 Å². The summed E-state index contributed by atoms with van der Waals surface area (Å²) in [4.78, 5) is 16.4. The van der Waals surface area contributed by atoms with Crippen LogP contribution in [0.4, 0.5) is 11.5 Å². The number of anilines is 2. The summed E-state index contributed by atoms with van der Waals surface area (Å²) >= 11 is 5.89. The van der Waals surface area contributed by atoms with Crippen LogP contribution in [-0.2, 0) is 5.88 Å². The molecule has 0 bridgehead atoms. The van der Waals surface area contributed by atoms with Gasteiger partial charge in [-0.05, 0) is 24.5 Å². The van der Waals surface area contributed by atoms with Crippen molar-refractivity contribution in [1.29, 1.82) is 0 Å². The highest BCUT2D eigenvalue weighted by Gasteiger charge is 2.25. The third-order valence-corrected chi connectivity index (χ3v) is 3.51. The molecule has 0 saturated heterocycles. The summed E-state index contributed by atoms with van der Waals surface area (Å²) in [5.41, 5.74) is 1.71. The molecule has 1 fully saturated rings. The Labute approximate surface area is 116 Å². The fraction of sp³-hybridized carbons (Fsp3) is 0.286. The molecule has 2 aromatic rings. The van der Waals surface area contributed by atoms with E-state index >= 15 is 0 Å². The average Bonchev–Trinajstić information content (AvgIpc) is 3.26. The van der Waals surface area contributed by atoms with Crippen molar-refractivity contribution in [2.75, 3.05) is 5.32 Å². The van der Waals surface area contributed by atoms with Crippen LogP contribution in [0.1, 0.15) is 24.4 Å². The van der Waals surface area contributed by atoms with E-state index in [4.69, 9.17) is 11.6 Å². The van der Waals surface area contributed by atoms with Crippen LogP contribution in [0.3, 0.4) is 0 Å². The van der Waals surface area contributed by atoms with E-state index in [1.54, 1.807) is 17.0 Å². The van der Waals surface area contributed by atoms with Gasteiger partial charge in [-0.25, -0.2) is 4.98 Å². The minimum Gasteiger partial charge on any atom is -0.335 e. The van der Waals surface area contributed by atoms with Gasteiger partial charge in [-0.15, -0.1) is 11.6 Å². The molecule has 1 N–H and O–H groups in total. The molecule has 19 heavy (non-hydrogen) atoms. The lowest BCUT2D eigenvalue weighted by atomic mass is 10.2. The van der Waals surface area contributed by atoms with Gasteiger partial charge in [0.05, 0.1) is 0 Å². The zero-order chi connectivity index (χ0) is 13.2. The second-order valence-corrected chi connectivity index (χ2v) is 4.90. The summed E-state index contributed by atoms with van der Waals surface area (Å²) in [6, 6.07) is 7.99. The second-order valence-electron chi connectivity index (χ2n) is 4.64. The molecule has 0 aliphatic heterocycles. The van der Waals surface area contributed by atoms with Crippen LogP contribution in [0.25, 0.3) is 0 Å². The van der Waals surface area contributed by atoms with E-state index in [1.807, 2.05) is 24.3 Å². The maximum Gasteiger partial charge on any atom is 0.293 e. The first-order valence-electron chi connectivity index (χ1n) is 6.27. The van der Waals surface area contributed by atoms with E-state index in [2.05, 4.69) is 10.3 Å². The number of aromatic nitrogens is 2. The minimum absolute atomic E-state index is 0.0747. The molecule has 0 amide bonds. The predicted octanol–water partition coefficient (Wildman–Crippen LogP) is 3.06. The van der Waals surface area contributed by atoms with Crippen molar-refractivity contribution in [2.45, 2.75) is 24.8 Å². The lowest BCUT2D eigenvalue weighted by molar-refractivity contribution is 0.701. The molecule has 1 aliphatic carbocycles. The molecule has 1 heterocycles.